The Kier molecular flexibility index (Phi) is 2.90. The molecule has 1 rings (SSSR count). The molecule has 0 aliphatic heterocycles. The Morgan fingerprint density at radius 2 is 2.23 bits per heavy atom. The van der Waals surface area contributed by atoms with Crippen LogP contribution in [0.25, 0.3) is 0 Å². The van der Waals surface area contributed by atoms with Gasteiger partial charge in [0.25, 0.3) is 0 Å². The maximum atomic E-state index is 10.7. The molecule has 0 aliphatic carbocycles. The van der Waals surface area contributed by atoms with Gasteiger partial charge in [-0.25, -0.2) is 4.79 Å². The van der Waals surface area contributed by atoms with E-state index in [4.69, 9.17) is 22.4 Å². The van der Waals surface area contributed by atoms with E-state index in [1.165, 1.54) is 12.1 Å². The molecule has 0 spiro atoms. The average molecular weight is 200 g/mol. The number of nitrogens with two attached hydrogens (primary N) is 1. The second kappa shape index (κ2) is 3.77. The van der Waals surface area contributed by atoms with Crippen molar-refractivity contribution in [1.29, 1.82) is 0 Å². The summed E-state index contributed by atoms with van der Waals surface area (Å²) in [4.78, 5) is 10.7. The van der Waals surface area contributed by atoms with Crippen molar-refractivity contribution in [3.8, 4) is 0 Å². The fourth-order valence-corrected chi connectivity index (χ4v) is 1.29. The van der Waals surface area contributed by atoms with Crippen molar-refractivity contribution in [2.45, 2.75) is 13.0 Å². The number of hydrogen-bond acceptors (Lipinski definition) is 2. The zero-order chi connectivity index (χ0) is 10.0. The molecule has 0 radical (unpaired) electrons. The molecule has 0 saturated carbocycles. The van der Waals surface area contributed by atoms with Gasteiger partial charge in [-0.1, -0.05) is 11.6 Å². The molecule has 0 heterocycles. The minimum atomic E-state index is -0.982. The molecular weight excluding hydrogens is 190 g/mol. The molecule has 13 heavy (non-hydrogen) atoms. The number of benzene rings is 1. The van der Waals surface area contributed by atoms with Gasteiger partial charge in [-0.3, -0.25) is 0 Å². The van der Waals surface area contributed by atoms with Crippen molar-refractivity contribution < 1.29 is 9.90 Å². The summed E-state index contributed by atoms with van der Waals surface area (Å²) in [5.41, 5.74) is 6.36. The summed E-state index contributed by atoms with van der Waals surface area (Å²) in [6.45, 7) is 1.72. The Balaban J connectivity index is 3.26. The van der Waals surface area contributed by atoms with E-state index in [0.29, 0.717) is 10.6 Å². The first-order valence-electron chi connectivity index (χ1n) is 3.80. The van der Waals surface area contributed by atoms with Gasteiger partial charge in [-0.15, -0.1) is 0 Å². The van der Waals surface area contributed by atoms with E-state index in [-0.39, 0.29) is 11.6 Å². The zero-order valence-corrected chi connectivity index (χ0v) is 7.88. The molecule has 1 atom stereocenters. The summed E-state index contributed by atoms with van der Waals surface area (Å²) in [5.74, 6) is -0.982. The third-order valence-corrected chi connectivity index (χ3v) is 1.97. The first-order chi connectivity index (χ1) is 6.02. The van der Waals surface area contributed by atoms with E-state index in [2.05, 4.69) is 0 Å². The van der Waals surface area contributed by atoms with E-state index in [1.807, 2.05) is 0 Å². The molecule has 1 aromatic carbocycles. The molecule has 0 bridgehead atoms. The maximum absolute atomic E-state index is 10.7. The molecule has 70 valence electrons. The van der Waals surface area contributed by atoms with E-state index in [0.717, 1.165) is 0 Å². The lowest BCUT2D eigenvalue weighted by Crippen LogP contribution is -2.11. The summed E-state index contributed by atoms with van der Waals surface area (Å²) >= 11 is 5.72. The Hall–Kier alpha value is -1.06. The van der Waals surface area contributed by atoms with Gasteiger partial charge in [0.2, 0.25) is 0 Å². The zero-order valence-electron chi connectivity index (χ0n) is 7.12. The second-order valence-electron chi connectivity index (χ2n) is 2.83. The van der Waals surface area contributed by atoms with Crippen molar-refractivity contribution >= 4 is 17.6 Å². The molecule has 0 amide bonds. The molecule has 0 fully saturated rings. The topological polar surface area (TPSA) is 63.3 Å². The predicted octanol–water partition coefficient (Wildman–Crippen LogP) is 2.06. The van der Waals surface area contributed by atoms with Crippen LogP contribution in [-0.2, 0) is 0 Å². The Morgan fingerprint density at radius 3 is 2.69 bits per heavy atom. The summed E-state index contributed by atoms with van der Waals surface area (Å²) in [7, 11) is 0. The highest BCUT2D eigenvalue weighted by Gasteiger charge is 2.12. The minimum Gasteiger partial charge on any atom is -0.478 e. The van der Waals surface area contributed by atoms with Crippen molar-refractivity contribution in [2.24, 2.45) is 5.73 Å². The SMILES string of the molecule is C[C@H](N)c1cc(Cl)ccc1C(=O)O. The lowest BCUT2D eigenvalue weighted by Gasteiger charge is -2.09. The minimum absolute atomic E-state index is 0.208. The van der Waals surface area contributed by atoms with Crippen LogP contribution in [0.5, 0.6) is 0 Å². The van der Waals surface area contributed by atoms with E-state index >= 15 is 0 Å². The Labute approximate surface area is 81.1 Å². The molecule has 4 heteroatoms. The fourth-order valence-electron chi connectivity index (χ4n) is 1.11. The molecule has 0 saturated heterocycles. The largest absolute Gasteiger partial charge is 0.478 e. The smallest absolute Gasteiger partial charge is 0.336 e. The van der Waals surface area contributed by atoms with Crippen LogP contribution in [0, 0.1) is 0 Å². The van der Waals surface area contributed by atoms with Crippen LogP contribution in [0.3, 0.4) is 0 Å². The summed E-state index contributed by atoms with van der Waals surface area (Å²) < 4.78 is 0. The molecule has 3 nitrogen and oxygen atoms in total. The van der Waals surface area contributed by atoms with E-state index in [9.17, 15) is 4.79 Å². The lowest BCUT2D eigenvalue weighted by atomic mass is 10.0. The van der Waals surface area contributed by atoms with Gasteiger partial charge in [-0.05, 0) is 30.7 Å². The van der Waals surface area contributed by atoms with Crippen LogP contribution in [0.15, 0.2) is 18.2 Å². The van der Waals surface area contributed by atoms with Crippen molar-refractivity contribution in [3.63, 3.8) is 0 Å². The monoisotopic (exact) mass is 199 g/mol. The lowest BCUT2D eigenvalue weighted by molar-refractivity contribution is 0.0695. The Morgan fingerprint density at radius 1 is 1.62 bits per heavy atom. The van der Waals surface area contributed by atoms with Crippen molar-refractivity contribution in [1.82, 2.24) is 0 Å². The average Bonchev–Trinajstić information content (AvgIpc) is 2.03. The predicted molar refractivity (Wildman–Crippen MR) is 51.0 cm³/mol. The van der Waals surface area contributed by atoms with Crippen LogP contribution < -0.4 is 5.73 Å². The van der Waals surface area contributed by atoms with Crippen LogP contribution in [0.1, 0.15) is 28.9 Å². The van der Waals surface area contributed by atoms with Gasteiger partial charge in [0, 0.05) is 11.1 Å². The standard InChI is InChI=1S/C9H10ClNO2/c1-5(11)8-4-6(10)2-3-7(8)9(12)13/h2-5H,11H2,1H3,(H,12,13)/t5-/m0/s1. The highest BCUT2D eigenvalue weighted by molar-refractivity contribution is 6.30. The number of carboxylic acids is 1. The Bertz CT molecular complexity index is 336. The van der Waals surface area contributed by atoms with Gasteiger partial charge in [0.1, 0.15) is 0 Å². The molecule has 1 aromatic rings. The highest BCUT2D eigenvalue weighted by atomic mass is 35.5. The molecule has 0 aromatic heterocycles. The molecule has 0 unspecified atom stereocenters. The van der Waals surface area contributed by atoms with Crippen LogP contribution >= 0.6 is 11.6 Å². The highest BCUT2D eigenvalue weighted by Crippen LogP contribution is 2.20. The third-order valence-electron chi connectivity index (χ3n) is 1.73. The normalized spacial score (nSPS) is 12.5. The first-order valence-corrected chi connectivity index (χ1v) is 4.18. The van der Waals surface area contributed by atoms with Crippen molar-refractivity contribution in [3.05, 3.63) is 34.3 Å². The van der Waals surface area contributed by atoms with Gasteiger partial charge >= 0.3 is 5.97 Å². The van der Waals surface area contributed by atoms with Gasteiger partial charge in [0.15, 0.2) is 0 Å². The third kappa shape index (κ3) is 2.20. The number of rotatable bonds is 2. The number of aromatic carboxylic acids is 1. The van der Waals surface area contributed by atoms with E-state index in [1.54, 1.807) is 13.0 Å². The van der Waals surface area contributed by atoms with Gasteiger partial charge in [-0.2, -0.15) is 0 Å². The van der Waals surface area contributed by atoms with Crippen molar-refractivity contribution in [2.75, 3.05) is 0 Å². The maximum Gasteiger partial charge on any atom is 0.336 e. The summed E-state index contributed by atoms with van der Waals surface area (Å²) in [6.07, 6.45) is 0. The number of hydrogen-bond donors (Lipinski definition) is 2. The van der Waals surface area contributed by atoms with E-state index < -0.39 is 5.97 Å². The van der Waals surface area contributed by atoms with Crippen LogP contribution in [0.4, 0.5) is 0 Å². The fraction of sp³-hybridized carbons (Fsp3) is 0.222. The second-order valence-corrected chi connectivity index (χ2v) is 3.26. The summed E-state index contributed by atoms with van der Waals surface area (Å²) in [6, 6.07) is 4.25. The number of carbonyl (C=O) groups is 1. The first kappa shape index (κ1) is 10.0. The molecular formula is C9H10ClNO2. The molecule has 0 aliphatic rings. The van der Waals surface area contributed by atoms with Crippen LogP contribution in [-0.4, -0.2) is 11.1 Å². The van der Waals surface area contributed by atoms with Crippen LogP contribution in [0.2, 0.25) is 5.02 Å². The van der Waals surface area contributed by atoms with Gasteiger partial charge < -0.3 is 10.8 Å². The molecule has 3 N–H and O–H groups in total. The number of halogens is 1. The van der Waals surface area contributed by atoms with Gasteiger partial charge in [0.05, 0.1) is 5.56 Å². The summed E-state index contributed by atoms with van der Waals surface area (Å²) in [5, 5.41) is 9.30. The number of carboxylic acid groups (broad SMARTS) is 1. The quantitative estimate of drug-likeness (QED) is 0.767.